The highest BCUT2D eigenvalue weighted by atomic mass is 16.5. The van der Waals surface area contributed by atoms with E-state index in [0.717, 1.165) is 0 Å². The van der Waals surface area contributed by atoms with E-state index in [4.69, 9.17) is 15.6 Å². The molecule has 0 heterocycles. The van der Waals surface area contributed by atoms with E-state index < -0.39 is 11.9 Å². The van der Waals surface area contributed by atoms with Gasteiger partial charge in [0.15, 0.2) is 0 Å². The highest BCUT2D eigenvalue weighted by molar-refractivity contribution is 5.70. The zero-order valence-electron chi connectivity index (χ0n) is 7.62. The van der Waals surface area contributed by atoms with Crippen molar-refractivity contribution >= 4 is 5.97 Å². The van der Waals surface area contributed by atoms with E-state index in [1.54, 1.807) is 7.11 Å². The fourth-order valence-corrected chi connectivity index (χ4v) is 1.14. The Labute approximate surface area is 72.7 Å². The van der Waals surface area contributed by atoms with Gasteiger partial charge in [-0.2, -0.15) is 0 Å². The van der Waals surface area contributed by atoms with Crippen LogP contribution in [0.2, 0.25) is 0 Å². The molecule has 0 saturated carbocycles. The molecular formula is C8H17NO3. The highest BCUT2D eigenvalue weighted by Gasteiger charge is 2.18. The summed E-state index contributed by atoms with van der Waals surface area (Å²) in [5, 5.41) is 8.67. The van der Waals surface area contributed by atoms with Crippen LogP contribution in [0.4, 0.5) is 0 Å². The Hall–Kier alpha value is -0.610. The maximum Gasteiger partial charge on any atom is 0.307 e. The third-order valence-corrected chi connectivity index (χ3v) is 1.77. The van der Waals surface area contributed by atoms with Gasteiger partial charge in [-0.25, -0.2) is 0 Å². The fourth-order valence-electron chi connectivity index (χ4n) is 1.14. The molecule has 0 unspecified atom stereocenters. The Morgan fingerprint density at radius 3 is 2.58 bits per heavy atom. The Bertz CT molecular complexity index is 138. The fraction of sp³-hybridized carbons (Fsp3) is 0.875. The van der Waals surface area contributed by atoms with Gasteiger partial charge < -0.3 is 15.6 Å². The maximum absolute atomic E-state index is 10.5. The van der Waals surface area contributed by atoms with Crippen molar-refractivity contribution in [3.63, 3.8) is 0 Å². The Balaban J connectivity index is 3.77. The number of nitrogens with two attached hydrogens (primary N) is 1. The van der Waals surface area contributed by atoms with E-state index in [9.17, 15) is 4.79 Å². The van der Waals surface area contributed by atoms with Crippen LogP contribution in [-0.2, 0) is 9.53 Å². The van der Waals surface area contributed by atoms with E-state index in [1.165, 1.54) is 0 Å². The lowest BCUT2D eigenvalue weighted by atomic mass is 9.97. The van der Waals surface area contributed by atoms with Crippen LogP contribution in [0, 0.1) is 11.8 Å². The first-order valence-electron chi connectivity index (χ1n) is 4.03. The van der Waals surface area contributed by atoms with Crippen LogP contribution in [0.15, 0.2) is 0 Å². The monoisotopic (exact) mass is 175 g/mol. The summed E-state index contributed by atoms with van der Waals surface area (Å²) < 4.78 is 4.89. The smallest absolute Gasteiger partial charge is 0.307 e. The second-order valence-electron chi connectivity index (χ2n) is 3.07. The van der Waals surface area contributed by atoms with Gasteiger partial charge in [0.25, 0.3) is 0 Å². The van der Waals surface area contributed by atoms with Crippen molar-refractivity contribution in [1.29, 1.82) is 0 Å². The third-order valence-electron chi connectivity index (χ3n) is 1.77. The first-order chi connectivity index (χ1) is 5.61. The summed E-state index contributed by atoms with van der Waals surface area (Å²) in [7, 11) is 1.61. The first kappa shape index (κ1) is 11.4. The Morgan fingerprint density at radius 1 is 1.67 bits per heavy atom. The minimum Gasteiger partial charge on any atom is -0.481 e. The molecule has 4 heteroatoms. The molecule has 72 valence electrons. The zero-order valence-corrected chi connectivity index (χ0v) is 7.62. The molecule has 3 N–H and O–H groups in total. The molecule has 0 saturated heterocycles. The van der Waals surface area contributed by atoms with E-state index in [0.29, 0.717) is 13.0 Å². The van der Waals surface area contributed by atoms with Crippen molar-refractivity contribution in [3.8, 4) is 0 Å². The topological polar surface area (TPSA) is 72.5 Å². The average molecular weight is 175 g/mol. The van der Waals surface area contributed by atoms with Gasteiger partial charge in [0, 0.05) is 20.3 Å². The average Bonchev–Trinajstić information content (AvgIpc) is 2.00. The predicted octanol–water partition coefficient (Wildman–Crippen LogP) is 0.319. The number of carboxylic acids is 1. The number of methoxy groups -OCH3 is 1. The van der Waals surface area contributed by atoms with Crippen LogP contribution in [0.1, 0.15) is 13.3 Å². The molecule has 0 aromatic heterocycles. The molecule has 0 aliphatic heterocycles. The molecule has 2 atom stereocenters. The van der Waals surface area contributed by atoms with Gasteiger partial charge in [-0.05, 0) is 12.3 Å². The molecule has 0 radical (unpaired) electrons. The molecule has 0 fully saturated rings. The molecule has 12 heavy (non-hydrogen) atoms. The van der Waals surface area contributed by atoms with Crippen LogP contribution in [0.5, 0.6) is 0 Å². The number of ether oxygens (including phenoxy) is 1. The molecule has 0 aliphatic carbocycles. The second-order valence-corrected chi connectivity index (χ2v) is 3.07. The van der Waals surface area contributed by atoms with Crippen molar-refractivity contribution in [2.24, 2.45) is 17.6 Å². The van der Waals surface area contributed by atoms with Crippen LogP contribution >= 0.6 is 0 Å². The quantitative estimate of drug-likeness (QED) is 0.609. The van der Waals surface area contributed by atoms with Crippen molar-refractivity contribution < 1.29 is 14.6 Å². The van der Waals surface area contributed by atoms with Gasteiger partial charge in [-0.15, -0.1) is 0 Å². The summed E-state index contributed by atoms with van der Waals surface area (Å²) in [6, 6.07) is 0. The molecule has 0 rings (SSSR count). The van der Waals surface area contributed by atoms with Crippen LogP contribution in [0.3, 0.4) is 0 Å². The van der Waals surface area contributed by atoms with Gasteiger partial charge in [0.05, 0.1) is 5.92 Å². The van der Waals surface area contributed by atoms with Crippen molar-refractivity contribution in [2.45, 2.75) is 13.3 Å². The van der Waals surface area contributed by atoms with E-state index >= 15 is 0 Å². The van der Waals surface area contributed by atoms with E-state index in [2.05, 4.69) is 0 Å². The minimum atomic E-state index is -0.819. The maximum atomic E-state index is 10.5. The summed E-state index contributed by atoms with van der Waals surface area (Å²) in [5.41, 5.74) is 5.30. The largest absolute Gasteiger partial charge is 0.481 e. The molecule has 0 amide bonds. The third kappa shape index (κ3) is 4.31. The minimum absolute atomic E-state index is 0.198. The lowest BCUT2D eigenvalue weighted by Crippen LogP contribution is -2.26. The molecule has 0 aromatic carbocycles. The molecule has 0 aliphatic rings. The molecule has 0 spiro atoms. The van der Waals surface area contributed by atoms with Gasteiger partial charge >= 0.3 is 5.97 Å². The second kappa shape index (κ2) is 5.97. The summed E-state index contributed by atoms with van der Waals surface area (Å²) in [6.45, 7) is 2.74. The SMILES string of the molecule is COC[C@@H](C)C[C@H](CN)C(=O)O. The van der Waals surface area contributed by atoms with Gasteiger partial charge in [-0.3, -0.25) is 4.79 Å². The standard InChI is InChI=1S/C8H17NO3/c1-6(5-12-2)3-7(4-9)8(10)11/h6-7H,3-5,9H2,1-2H3,(H,10,11)/t6-,7+/m0/s1. The summed E-state index contributed by atoms with van der Waals surface area (Å²) in [6.07, 6.45) is 0.583. The van der Waals surface area contributed by atoms with E-state index in [-0.39, 0.29) is 12.5 Å². The highest BCUT2D eigenvalue weighted by Crippen LogP contribution is 2.11. The van der Waals surface area contributed by atoms with Gasteiger partial charge in [-0.1, -0.05) is 6.92 Å². The summed E-state index contributed by atoms with van der Waals surface area (Å²) in [4.78, 5) is 10.5. The summed E-state index contributed by atoms with van der Waals surface area (Å²) in [5.74, 6) is -1.00. The number of rotatable bonds is 6. The lowest BCUT2D eigenvalue weighted by molar-refractivity contribution is -0.142. The molecule has 4 nitrogen and oxygen atoms in total. The van der Waals surface area contributed by atoms with Crippen molar-refractivity contribution in [1.82, 2.24) is 0 Å². The molecule has 0 bridgehead atoms. The first-order valence-corrected chi connectivity index (χ1v) is 4.03. The van der Waals surface area contributed by atoms with Gasteiger partial charge in [0.1, 0.15) is 0 Å². The van der Waals surface area contributed by atoms with Gasteiger partial charge in [0.2, 0.25) is 0 Å². The number of aliphatic carboxylic acids is 1. The normalized spacial score (nSPS) is 15.6. The van der Waals surface area contributed by atoms with Crippen LogP contribution in [-0.4, -0.2) is 31.3 Å². The van der Waals surface area contributed by atoms with Crippen LogP contribution in [0.25, 0.3) is 0 Å². The number of hydrogen-bond acceptors (Lipinski definition) is 3. The number of carboxylic acid groups (broad SMARTS) is 1. The van der Waals surface area contributed by atoms with E-state index in [1.807, 2.05) is 6.92 Å². The summed E-state index contributed by atoms with van der Waals surface area (Å²) >= 11 is 0. The number of hydrogen-bond donors (Lipinski definition) is 2. The van der Waals surface area contributed by atoms with Crippen LogP contribution < -0.4 is 5.73 Å². The predicted molar refractivity (Wildman–Crippen MR) is 45.8 cm³/mol. The zero-order chi connectivity index (χ0) is 9.56. The molecular weight excluding hydrogens is 158 g/mol. The Morgan fingerprint density at radius 2 is 2.25 bits per heavy atom. The Kier molecular flexibility index (Phi) is 5.66. The number of carbonyl (C=O) groups is 1. The lowest BCUT2D eigenvalue weighted by Gasteiger charge is -2.14. The van der Waals surface area contributed by atoms with Crippen molar-refractivity contribution in [3.05, 3.63) is 0 Å². The molecule has 0 aromatic rings. The van der Waals surface area contributed by atoms with Crippen molar-refractivity contribution in [2.75, 3.05) is 20.3 Å².